The molecule has 100 valence electrons. The Labute approximate surface area is 112 Å². The monoisotopic (exact) mass is 271 g/mol. The van der Waals surface area contributed by atoms with Crippen molar-refractivity contribution in [1.82, 2.24) is 5.32 Å². The predicted octanol–water partition coefficient (Wildman–Crippen LogP) is 3.04. The molecule has 4 heteroatoms. The molecule has 2 nitrogen and oxygen atoms in total. The molecule has 2 atom stereocenters. The number of halogens is 2. The maximum atomic E-state index is 13.1. The van der Waals surface area contributed by atoms with Gasteiger partial charge in [0, 0.05) is 23.6 Å². The topological polar surface area (TPSA) is 21.3 Å². The summed E-state index contributed by atoms with van der Waals surface area (Å²) in [5, 5.41) is 3.74. The molecule has 1 fully saturated rings. The van der Waals surface area contributed by atoms with Crippen molar-refractivity contribution in [3.05, 3.63) is 34.6 Å². The lowest BCUT2D eigenvalue weighted by Gasteiger charge is -2.32. The van der Waals surface area contributed by atoms with E-state index in [9.17, 15) is 4.39 Å². The van der Waals surface area contributed by atoms with Gasteiger partial charge in [-0.3, -0.25) is 0 Å². The van der Waals surface area contributed by atoms with Gasteiger partial charge in [-0.15, -0.1) is 0 Å². The van der Waals surface area contributed by atoms with Crippen molar-refractivity contribution >= 4 is 11.6 Å². The molecule has 2 unspecified atom stereocenters. The Morgan fingerprint density at radius 3 is 2.89 bits per heavy atom. The third-order valence-corrected chi connectivity index (χ3v) is 4.27. The minimum atomic E-state index is -0.290. The SMILES string of the molecule is CNCC1(Cc2ccc(F)cc2Cl)CCOC1C. The molecule has 1 heterocycles. The van der Waals surface area contributed by atoms with E-state index in [1.165, 1.54) is 12.1 Å². The van der Waals surface area contributed by atoms with E-state index in [0.717, 1.165) is 31.6 Å². The lowest BCUT2D eigenvalue weighted by atomic mass is 9.76. The van der Waals surface area contributed by atoms with Gasteiger partial charge in [-0.1, -0.05) is 17.7 Å². The predicted molar refractivity (Wildman–Crippen MR) is 71.5 cm³/mol. The van der Waals surface area contributed by atoms with Crippen molar-refractivity contribution in [1.29, 1.82) is 0 Å². The average Bonchev–Trinajstić information content (AvgIpc) is 2.65. The van der Waals surface area contributed by atoms with Gasteiger partial charge in [0.1, 0.15) is 5.82 Å². The van der Waals surface area contributed by atoms with E-state index in [0.29, 0.717) is 5.02 Å². The van der Waals surface area contributed by atoms with Crippen LogP contribution in [0.15, 0.2) is 18.2 Å². The van der Waals surface area contributed by atoms with Crippen LogP contribution in [0.1, 0.15) is 18.9 Å². The molecule has 1 saturated heterocycles. The van der Waals surface area contributed by atoms with Gasteiger partial charge >= 0.3 is 0 Å². The molecular formula is C14H19ClFNO. The number of hydrogen-bond donors (Lipinski definition) is 1. The van der Waals surface area contributed by atoms with Gasteiger partial charge in [0.15, 0.2) is 0 Å². The zero-order valence-corrected chi connectivity index (χ0v) is 11.6. The van der Waals surface area contributed by atoms with Gasteiger partial charge in [-0.2, -0.15) is 0 Å². The molecule has 2 rings (SSSR count). The van der Waals surface area contributed by atoms with Crippen molar-refractivity contribution in [2.24, 2.45) is 5.41 Å². The van der Waals surface area contributed by atoms with E-state index in [4.69, 9.17) is 16.3 Å². The summed E-state index contributed by atoms with van der Waals surface area (Å²) in [5.74, 6) is -0.290. The van der Waals surface area contributed by atoms with Crippen molar-refractivity contribution in [3.8, 4) is 0 Å². The number of benzene rings is 1. The molecule has 1 N–H and O–H groups in total. The van der Waals surface area contributed by atoms with Crippen LogP contribution in [-0.2, 0) is 11.2 Å². The Bertz CT molecular complexity index is 426. The normalized spacial score (nSPS) is 27.7. The molecule has 0 aliphatic carbocycles. The van der Waals surface area contributed by atoms with Crippen LogP contribution >= 0.6 is 11.6 Å². The molecule has 0 aromatic heterocycles. The van der Waals surface area contributed by atoms with Crippen molar-refractivity contribution < 1.29 is 9.13 Å². The first kappa shape index (κ1) is 13.8. The zero-order valence-electron chi connectivity index (χ0n) is 10.8. The van der Waals surface area contributed by atoms with Crippen LogP contribution in [0.25, 0.3) is 0 Å². The van der Waals surface area contributed by atoms with Crippen molar-refractivity contribution in [2.75, 3.05) is 20.2 Å². The minimum Gasteiger partial charge on any atom is -0.378 e. The van der Waals surface area contributed by atoms with Crippen LogP contribution in [0.2, 0.25) is 5.02 Å². The summed E-state index contributed by atoms with van der Waals surface area (Å²) in [5.41, 5.74) is 1.04. The first-order chi connectivity index (χ1) is 8.57. The fraction of sp³-hybridized carbons (Fsp3) is 0.571. The Morgan fingerprint density at radius 1 is 1.56 bits per heavy atom. The molecular weight excluding hydrogens is 253 g/mol. The molecule has 1 aromatic rings. The van der Waals surface area contributed by atoms with Crippen molar-refractivity contribution in [3.63, 3.8) is 0 Å². The van der Waals surface area contributed by atoms with Crippen LogP contribution in [-0.4, -0.2) is 26.3 Å². The van der Waals surface area contributed by atoms with E-state index in [2.05, 4.69) is 12.2 Å². The standard InChI is InChI=1S/C14H19ClFNO/c1-10-14(9-17-2,5-6-18-10)8-11-3-4-12(16)7-13(11)15/h3-4,7,10,17H,5-6,8-9H2,1-2H3. The highest BCUT2D eigenvalue weighted by Gasteiger charge is 2.41. The molecule has 1 aliphatic heterocycles. The van der Waals surface area contributed by atoms with Gasteiger partial charge in [-0.25, -0.2) is 4.39 Å². The second kappa shape index (κ2) is 5.55. The van der Waals surface area contributed by atoms with E-state index < -0.39 is 0 Å². The Morgan fingerprint density at radius 2 is 2.33 bits per heavy atom. The van der Waals surface area contributed by atoms with Gasteiger partial charge in [-0.05, 0) is 44.5 Å². The summed E-state index contributed by atoms with van der Waals surface area (Å²) in [6.45, 7) is 3.76. The van der Waals surface area contributed by atoms with Gasteiger partial charge in [0.2, 0.25) is 0 Å². The molecule has 1 aromatic carbocycles. The Balaban J connectivity index is 2.23. The van der Waals surface area contributed by atoms with E-state index >= 15 is 0 Å². The highest BCUT2D eigenvalue weighted by Crippen LogP contribution is 2.39. The third kappa shape index (κ3) is 2.68. The summed E-state index contributed by atoms with van der Waals surface area (Å²) in [4.78, 5) is 0. The Hall–Kier alpha value is -0.640. The quantitative estimate of drug-likeness (QED) is 0.909. The van der Waals surface area contributed by atoms with Crippen LogP contribution in [0.3, 0.4) is 0 Å². The highest BCUT2D eigenvalue weighted by molar-refractivity contribution is 6.31. The largest absolute Gasteiger partial charge is 0.378 e. The second-order valence-corrected chi connectivity index (χ2v) is 5.48. The molecule has 0 radical (unpaired) electrons. The van der Waals surface area contributed by atoms with Crippen LogP contribution in [0.5, 0.6) is 0 Å². The summed E-state index contributed by atoms with van der Waals surface area (Å²) in [6.07, 6.45) is 2.00. The van der Waals surface area contributed by atoms with Crippen molar-refractivity contribution in [2.45, 2.75) is 25.9 Å². The maximum absolute atomic E-state index is 13.1. The first-order valence-corrected chi connectivity index (χ1v) is 6.65. The maximum Gasteiger partial charge on any atom is 0.124 e. The Kier molecular flexibility index (Phi) is 4.25. The first-order valence-electron chi connectivity index (χ1n) is 6.27. The second-order valence-electron chi connectivity index (χ2n) is 5.07. The molecule has 0 spiro atoms. The molecule has 0 saturated carbocycles. The van der Waals surface area contributed by atoms with Gasteiger partial charge in [0.05, 0.1) is 6.10 Å². The zero-order chi connectivity index (χ0) is 13.2. The summed E-state index contributed by atoms with van der Waals surface area (Å²) < 4.78 is 18.8. The van der Waals surface area contributed by atoms with Gasteiger partial charge < -0.3 is 10.1 Å². The highest BCUT2D eigenvalue weighted by atomic mass is 35.5. The number of rotatable bonds is 4. The lowest BCUT2D eigenvalue weighted by Crippen LogP contribution is -2.40. The van der Waals surface area contributed by atoms with Crippen LogP contribution in [0, 0.1) is 11.2 Å². The number of nitrogens with one attached hydrogen (secondary N) is 1. The fourth-order valence-electron chi connectivity index (χ4n) is 2.74. The molecule has 18 heavy (non-hydrogen) atoms. The summed E-state index contributed by atoms with van der Waals surface area (Å²) in [6, 6.07) is 4.62. The van der Waals surface area contributed by atoms with Crippen LogP contribution < -0.4 is 5.32 Å². The van der Waals surface area contributed by atoms with Crippen LogP contribution in [0.4, 0.5) is 4.39 Å². The lowest BCUT2D eigenvalue weighted by molar-refractivity contribution is 0.0640. The average molecular weight is 272 g/mol. The minimum absolute atomic E-state index is 0.0518. The summed E-state index contributed by atoms with van der Waals surface area (Å²) in [7, 11) is 1.94. The summed E-state index contributed by atoms with van der Waals surface area (Å²) >= 11 is 6.12. The van der Waals surface area contributed by atoms with E-state index in [-0.39, 0.29) is 17.3 Å². The number of ether oxygens (including phenoxy) is 1. The van der Waals surface area contributed by atoms with E-state index in [1.54, 1.807) is 6.07 Å². The third-order valence-electron chi connectivity index (χ3n) is 3.92. The fourth-order valence-corrected chi connectivity index (χ4v) is 2.98. The molecule has 0 bridgehead atoms. The molecule has 1 aliphatic rings. The van der Waals surface area contributed by atoms with Gasteiger partial charge in [0.25, 0.3) is 0 Å². The smallest absolute Gasteiger partial charge is 0.124 e. The van der Waals surface area contributed by atoms with E-state index in [1.807, 2.05) is 7.05 Å². The molecule has 0 amide bonds. The number of hydrogen-bond acceptors (Lipinski definition) is 2.